The number of anilines is 1. The fraction of sp³-hybridized carbons (Fsp3) is 0.500. The van der Waals surface area contributed by atoms with Gasteiger partial charge in [-0.2, -0.15) is 5.10 Å². The van der Waals surface area contributed by atoms with Crippen LogP contribution in [-0.2, 0) is 12.0 Å². The van der Waals surface area contributed by atoms with E-state index in [9.17, 15) is 0 Å². The first-order valence-electron chi connectivity index (χ1n) is 8.10. The molecule has 3 nitrogen and oxygen atoms in total. The first-order chi connectivity index (χ1) is 10.6. The molecule has 0 spiro atoms. The van der Waals surface area contributed by atoms with Crippen molar-refractivity contribution in [2.75, 3.05) is 18.5 Å². The molecule has 0 aliphatic carbocycles. The van der Waals surface area contributed by atoms with Crippen molar-refractivity contribution in [3.05, 3.63) is 46.6 Å². The van der Waals surface area contributed by atoms with E-state index in [-0.39, 0.29) is 5.41 Å². The number of aryl methyl sites for hydroxylation is 1. The van der Waals surface area contributed by atoms with Crippen LogP contribution in [0, 0.1) is 0 Å². The van der Waals surface area contributed by atoms with Gasteiger partial charge in [-0.3, -0.25) is 0 Å². The van der Waals surface area contributed by atoms with Gasteiger partial charge in [-0.05, 0) is 31.4 Å². The van der Waals surface area contributed by atoms with E-state index >= 15 is 0 Å². The molecule has 1 unspecified atom stereocenters. The molecular formula is C18H24ClN3. The van der Waals surface area contributed by atoms with Gasteiger partial charge in [0.15, 0.2) is 0 Å². The Bertz CT molecular complexity index is 664. The second kappa shape index (κ2) is 5.96. The van der Waals surface area contributed by atoms with Gasteiger partial charge in [0.25, 0.3) is 0 Å². The normalized spacial score (nSPS) is 17.2. The predicted molar refractivity (Wildman–Crippen MR) is 92.9 cm³/mol. The summed E-state index contributed by atoms with van der Waals surface area (Å²) in [5, 5.41) is 5.76. The van der Waals surface area contributed by atoms with Crippen molar-refractivity contribution >= 4 is 17.4 Å². The number of aromatic nitrogens is 2. The highest BCUT2D eigenvalue weighted by atomic mass is 35.5. The Labute approximate surface area is 137 Å². The summed E-state index contributed by atoms with van der Waals surface area (Å²) in [6.45, 7) is 6.59. The van der Waals surface area contributed by atoms with Crippen LogP contribution in [0.4, 0.5) is 5.82 Å². The first-order valence-corrected chi connectivity index (χ1v) is 8.48. The Balaban J connectivity index is 2.10. The summed E-state index contributed by atoms with van der Waals surface area (Å²) in [4.78, 5) is 2.29. The number of hydrogen-bond donors (Lipinski definition) is 0. The maximum Gasteiger partial charge on any atom is 0.126 e. The smallest absolute Gasteiger partial charge is 0.126 e. The summed E-state index contributed by atoms with van der Waals surface area (Å²) in [7, 11) is 2.14. The minimum atomic E-state index is -0.141. The van der Waals surface area contributed by atoms with Gasteiger partial charge in [0, 0.05) is 36.6 Å². The summed E-state index contributed by atoms with van der Waals surface area (Å²) in [5.41, 5.74) is 2.17. The van der Waals surface area contributed by atoms with Crippen LogP contribution >= 0.6 is 11.6 Å². The van der Waals surface area contributed by atoms with Crippen molar-refractivity contribution in [3.8, 4) is 0 Å². The summed E-state index contributed by atoms with van der Waals surface area (Å²) < 4.78 is 2.14. The molecule has 1 aliphatic rings. The number of fused-ring (bicyclic) bond motifs is 1. The molecule has 0 bridgehead atoms. The molecule has 1 aromatic heterocycles. The minimum absolute atomic E-state index is 0.141. The van der Waals surface area contributed by atoms with Crippen LogP contribution in [0.2, 0.25) is 5.02 Å². The molecule has 0 saturated carbocycles. The summed E-state index contributed by atoms with van der Waals surface area (Å²) in [6.07, 6.45) is 3.29. The molecule has 0 fully saturated rings. The Morgan fingerprint density at radius 3 is 2.73 bits per heavy atom. The number of rotatable bonds is 4. The van der Waals surface area contributed by atoms with E-state index in [1.165, 1.54) is 11.4 Å². The van der Waals surface area contributed by atoms with Gasteiger partial charge in [-0.15, -0.1) is 0 Å². The summed E-state index contributed by atoms with van der Waals surface area (Å²) in [5.74, 6) is 1.22. The molecule has 3 rings (SSSR count). The van der Waals surface area contributed by atoms with Crippen molar-refractivity contribution in [1.29, 1.82) is 0 Å². The van der Waals surface area contributed by atoms with Crippen molar-refractivity contribution in [3.63, 3.8) is 0 Å². The lowest BCUT2D eigenvalue weighted by Gasteiger charge is -2.29. The van der Waals surface area contributed by atoms with Gasteiger partial charge >= 0.3 is 0 Å². The first kappa shape index (κ1) is 15.4. The molecule has 0 N–H and O–H groups in total. The van der Waals surface area contributed by atoms with Crippen LogP contribution in [0.5, 0.6) is 0 Å². The fourth-order valence-corrected chi connectivity index (χ4v) is 3.87. The molecular weight excluding hydrogens is 294 g/mol. The number of halogens is 1. The molecule has 118 valence electrons. The van der Waals surface area contributed by atoms with Gasteiger partial charge in [0.1, 0.15) is 5.82 Å². The topological polar surface area (TPSA) is 21.1 Å². The minimum Gasteiger partial charge on any atom is -0.360 e. The molecule has 1 aromatic carbocycles. The van der Waals surface area contributed by atoms with E-state index in [1.807, 2.05) is 12.1 Å². The van der Waals surface area contributed by atoms with Gasteiger partial charge in [-0.1, -0.05) is 43.1 Å². The molecule has 2 heterocycles. The second-order valence-corrected chi connectivity index (χ2v) is 6.86. The van der Waals surface area contributed by atoms with Gasteiger partial charge < -0.3 is 4.90 Å². The predicted octanol–water partition coefficient (Wildman–Crippen LogP) is 4.48. The maximum absolute atomic E-state index is 6.50. The van der Waals surface area contributed by atoms with E-state index in [4.69, 9.17) is 16.7 Å². The number of nitrogens with zero attached hydrogens (tertiary/aromatic N) is 3. The molecule has 0 amide bonds. The van der Waals surface area contributed by atoms with Crippen molar-refractivity contribution in [2.45, 2.75) is 45.1 Å². The van der Waals surface area contributed by atoms with Crippen molar-refractivity contribution in [1.82, 2.24) is 9.78 Å². The highest BCUT2D eigenvalue weighted by Crippen LogP contribution is 2.40. The van der Waals surface area contributed by atoms with E-state index in [0.717, 1.165) is 43.1 Å². The lowest BCUT2D eigenvalue weighted by Crippen LogP contribution is -2.28. The monoisotopic (exact) mass is 317 g/mol. The zero-order chi connectivity index (χ0) is 15.7. The summed E-state index contributed by atoms with van der Waals surface area (Å²) >= 11 is 6.50. The Morgan fingerprint density at radius 1 is 1.27 bits per heavy atom. The Kier molecular flexibility index (Phi) is 4.18. The lowest BCUT2D eigenvalue weighted by molar-refractivity contribution is 0.472. The van der Waals surface area contributed by atoms with Crippen LogP contribution in [0.25, 0.3) is 0 Å². The molecule has 0 radical (unpaired) electrons. The van der Waals surface area contributed by atoms with Crippen LogP contribution in [0.15, 0.2) is 30.3 Å². The fourth-order valence-electron chi connectivity index (χ4n) is 3.53. The van der Waals surface area contributed by atoms with E-state index < -0.39 is 0 Å². The Morgan fingerprint density at radius 2 is 2.05 bits per heavy atom. The Hall–Kier alpha value is -1.48. The van der Waals surface area contributed by atoms with Crippen molar-refractivity contribution < 1.29 is 0 Å². The molecule has 2 aromatic rings. The SMILES string of the molecule is CCCC(C)(c1cc2n(n1)CCCN2C)c1ccccc1Cl. The van der Waals surface area contributed by atoms with Crippen molar-refractivity contribution in [2.24, 2.45) is 0 Å². The van der Waals surface area contributed by atoms with Crippen LogP contribution in [0.1, 0.15) is 44.4 Å². The summed E-state index contributed by atoms with van der Waals surface area (Å²) in [6, 6.07) is 10.4. The standard InChI is InChI=1S/C18H24ClN3/c1-4-10-18(2,14-8-5-6-9-15(14)19)16-13-17-21(3)11-7-12-22(17)20-16/h5-6,8-9,13H,4,7,10-12H2,1-3H3. The van der Waals surface area contributed by atoms with Gasteiger partial charge in [0.2, 0.25) is 0 Å². The highest BCUT2D eigenvalue weighted by molar-refractivity contribution is 6.31. The molecule has 1 atom stereocenters. The number of benzene rings is 1. The molecule has 0 saturated heterocycles. The zero-order valence-electron chi connectivity index (χ0n) is 13.6. The third-order valence-corrected chi connectivity index (χ3v) is 5.13. The maximum atomic E-state index is 6.50. The van der Waals surface area contributed by atoms with E-state index in [2.05, 4.69) is 48.7 Å². The van der Waals surface area contributed by atoms with Crippen LogP contribution in [-0.4, -0.2) is 23.4 Å². The molecule has 22 heavy (non-hydrogen) atoms. The molecule has 1 aliphatic heterocycles. The van der Waals surface area contributed by atoms with Gasteiger partial charge in [0.05, 0.1) is 5.69 Å². The van der Waals surface area contributed by atoms with Gasteiger partial charge in [-0.25, -0.2) is 4.68 Å². The van der Waals surface area contributed by atoms with Crippen LogP contribution < -0.4 is 4.90 Å². The highest BCUT2D eigenvalue weighted by Gasteiger charge is 2.34. The average Bonchev–Trinajstić information content (AvgIpc) is 2.94. The van der Waals surface area contributed by atoms with Crippen LogP contribution in [0.3, 0.4) is 0 Å². The zero-order valence-corrected chi connectivity index (χ0v) is 14.4. The van der Waals surface area contributed by atoms with E-state index in [0.29, 0.717) is 0 Å². The average molecular weight is 318 g/mol. The third kappa shape index (κ3) is 2.52. The quantitative estimate of drug-likeness (QED) is 0.829. The number of hydrogen-bond acceptors (Lipinski definition) is 2. The lowest BCUT2D eigenvalue weighted by atomic mass is 9.76. The molecule has 4 heteroatoms. The largest absolute Gasteiger partial charge is 0.360 e. The second-order valence-electron chi connectivity index (χ2n) is 6.45. The van der Waals surface area contributed by atoms with E-state index in [1.54, 1.807) is 0 Å². The third-order valence-electron chi connectivity index (χ3n) is 4.80.